The lowest BCUT2D eigenvalue weighted by Crippen LogP contribution is -2.55. The van der Waals surface area contributed by atoms with Crippen molar-refractivity contribution in [3.63, 3.8) is 0 Å². The van der Waals surface area contributed by atoms with E-state index in [1.807, 2.05) is 53.4 Å². The molecule has 8 heteroatoms. The van der Waals surface area contributed by atoms with Gasteiger partial charge in [0.15, 0.2) is 16.6 Å². The van der Waals surface area contributed by atoms with Crippen molar-refractivity contribution in [2.45, 2.75) is 6.10 Å². The SMILES string of the molecule is O=C(C1COc2ccccc2O1)N1CCN(C(=S)Nc2ccccc2Cl)CC1. The van der Waals surface area contributed by atoms with E-state index in [0.717, 1.165) is 5.69 Å². The quantitative estimate of drug-likeness (QED) is 0.758. The highest BCUT2D eigenvalue weighted by Gasteiger charge is 2.33. The van der Waals surface area contributed by atoms with E-state index in [2.05, 4.69) is 5.32 Å². The fourth-order valence-corrected chi connectivity index (χ4v) is 3.71. The van der Waals surface area contributed by atoms with Crippen LogP contribution in [0.25, 0.3) is 0 Å². The highest BCUT2D eigenvalue weighted by atomic mass is 35.5. The Bertz CT molecular complexity index is 887. The van der Waals surface area contributed by atoms with Gasteiger partial charge in [0.2, 0.25) is 6.10 Å². The second-order valence-electron chi connectivity index (χ2n) is 6.59. The van der Waals surface area contributed by atoms with Gasteiger partial charge >= 0.3 is 0 Å². The summed E-state index contributed by atoms with van der Waals surface area (Å²) in [6.45, 7) is 2.66. The van der Waals surface area contributed by atoms with Crippen LogP contribution in [-0.2, 0) is 4.79 Å². The van der Waals surface area contributed by atoms with E-state index in [1.165, 1.54) is 0 Å². The number of anilines is 1. The monoisotopic (exact) mass is 417 g/mol. The van der Waals surface area contributed by atoms with Crippen LogP contribution in [0, 0.1) is 0 Å². The third kappa shape index (κ3) is 4.00. The number of carbonyl (C=O) groups is 1. The van der Waals surface area contributed by atoms with E-state index in [0.29, 0.717) is 47.8 Å². The lowest BCUT2D eigenvalue weighted by Gasteiger charge is -2.38. The van der Waals surface area contributed by atoms with Crippen molar-refractivity contribution in [3.05, 3.63) is 53.6 Å². The Morgan fingerprint density at radius 2 is 1.64 bits per heavy atom. The number of nitrogens with zero attached hydrogens (tertiary/aromatic N) is 2. The van der Waals surface area contributed by atoms with Gasteiger partial charge in [-0.25, -0.2) is 0 Å². The molecule has 1 atom stereocenters. The Morgan fingerprint density at radius 3 is 2.39 bits per heavy atom. The zero-order chi connectivity index (χ0) is 19.5. The molecule has 1 unspecified atom stereocenters. The van der Waals surface area contributed by atoms with Crippen LogP contribution in [0.5, 0.6) is 11.5 Å². The van der Waals surface area contributed by atoms with Crippen molar-refractivity contribution in [3.8, 4) is 11.5 Å². The highest BCUT2D eigenvalue weighted by molar-refractivity contribution is 7.80. The minimum absolute atomic E-state index is 0.0564. The van der Waals surface area contributed by atoms with Gasteiger partial charge in [-0.15, -0.1) is 0 Å². The first-order valence-electron chi connectivity index (χ1n) is 9.09. The summed E-state index contributed by atoms with van der Waals surface area (Å²) in [5.74, 6) is 1.22. The summed E-state index contributed by atoms with van der Waals surface area (Å²) in [6, 6.07) is 14.9. The Kier molecular flexibility index (Phi) is 5.54. The average Bonchev–Trinajstić information content (AvgIpc) is 2.74. The minimum Gasteiger partial charge on any atom is -0.485 e. The third-order valence-electron chi connectivity index (χ3n) is 4.78. The standard InChI is InChI=1S/C20H20ClN3O3S/c21-14-5-1-2-6-15(14)22-20(28)24-11-9-23(10-12-24)19(25)18-13-26-16-7-3-4-8-17(16)27-18/h1-8,18H,9-13H2,(H,22,28). The summed E-state index contributed by atoms with van der Waals surface area (Å²) in [5, 5.41) is 4.40. The molecule has 146 valence electrons. The normalized spacial score (nSPS) is 18.5. The molecule has 2 heterocycles. The van der Waals surface area contributed by atoms with E-state index < -0.39 is 6.10 Å². The van der Waals surface area contributed by atoms with Gasteiger partial charge < -0.3 is 24.6 Å². The topological polar surface area (TPSA) is 54.0 Å². The second-order valence-corrected chi connectivity index (χ2v) is 7.38. The number of carbonyl (C=O) groups excluding carboxylic acids is 1. The number of benzene rings is 2. The molecule has 4 rings (SSSR count). The molecule has 1 fully saturated rings. The molecule has 1 saturated heterocycles. The molecule has 0 radical (unpaired) electrons. The van der Waals surface area contributed by atoms with Crippen LogP contribution >= 0.6 is 23.8 Å². The summed E-state index contributed by atoms with van der Waals surface area (Å²) >= 11 is 11.7. The molecule has 2 aromatic rings. The molecule has 6 nitrogen and oxygen atoms in total. The minimum atomic E-state index is -0.616. The lowest BCUT2D eigenvalue weighted by atomic mass is 10.2. The largest absolute Gasteiger partial charge is 0.485 e. The fourth-order valence-electron chi connectivity index (χ4n) is 3.23. The van der Waals surface area contributed by atoms with E-state index in [4.69, 9.17) is 33.3 Å². The van der Waals surface area contributed by atoms with Crippen LogP contribution in [0.4, 0.5) is 5.69 Å². The molecule has 2 aliphatic heterocycles. The van der Waals surface area contributed by atoms with Gasteiger partial charge in [0, 0.05) is 26.2 Å². The molecule has 0 spiro atoms. The van der Waals surface area contributed by atoms with Crippen LogP contribution in [0.15, 0.2) is 48.5 Å². The molecule has 0 aromatic heterocycles. The summed E-state index contributed by atoms with van der Waals surface area (Å²) in [6.07, 6.45) is -0.616. The maximum absolute atomic E-state index is 12.8. The van der Waals surface area contributed by atoms with Gasteiger partial charge in [0.05, 0.1) is 10.7 Å². The number of fused-ring (bicyclic) bond motifs is 1. The van der Waals surface area contributed by atoms with Gasteiger partial charge in [0.25, 0.3) is 5.91 Å². The lowest BCUT2D eigenvalue weighted by molar-refractivity contribution is -0.142. The van der Waals surface area contributed by atoms with Crippen molar-refractivity contribution in [2.75, 3.05) is 38.1 Å². The average molecular weight is 418 g/mol. The zero-order valence-corrected chi connectivity index (χ0v) is 16.7. The Balaban J connectivity index is 1.31. The van der Waals surface area contributed by atoms with E-state index >= 15 is 0 Å². The smallest absolute Gasteiger partial charge is 0.267 e. The maximum Gasteiger partial charge on any atom is 0.267 e. The molecule has 0 saturated carbocycles. The summed E-state index contributed by atoms with van der Waals surface area (Å²) in [7, 11) is 0. The first kappa shape index (κ1) is 18.8. The van der Waals surface area contributed by atoms with E-state index in [1.54, 1.807) is 4.90 Å². The van der Waals surface area contributed by atoms with Crippen LogP contribution in [0.1, 0.15) is 0 Å². The molecule has 28 heavy (non-hydrogen) atoms. The Hall–Kier alpha value is -2.51. The van der Waals surface area contributed by atoms with Crippen molar-refractivity contribution >= 4 is 40.5 Å². The number of hydrogen-bond donors (Lipinski definition) is 1. The molecule has 1 N–H and O–H groups in total. The van der Waals surface area contributed by atoms with Gasteiger partial charge in [-0.1, -0.05) is 35.9 Å². The van der Waals surface area contributed by atoms with Gasteiger partial charge in [-0.3, -0.25) is 4.79 Å². The molecule has 0 aliphatic carbocycles. The van der Waals surface area contributed by atoms with Crippen molar-refractivity contribution in [1.82, 2.24) is 9.80 Å². The number of halogens is 1. The van der Waals surface area contributed by atoms with E-state index in [9.17, 15) is 4.79 Å². The van der Waals surface area contributed by atoms with Crippen LogP contribution in [-0.4, -0.2) is 59.7 Å². The number of nitrogens with one attached hydrogen (secondary N) is 1. The van der Waals surface area contributed by atoms with Gasteiger partial charge in [0.1, 0.15) is 6.61 Å². The van der Waals surface area contributed by atoms with Crippen LogP contribution in [0.2, 0.25) is 5.02 Å². The number of hydrogen-bond acceptors (Lipinski definition) is 4. The van der Waals surface area contributed by atoms with Gasteiger partial charge in [-0.2, -0.15) is 0 Å². The summed E-state index contributed by atoms with van der Waals surface area (Å²) in [4.78, 5) is 16.7. The first-order chi connectivity index (χ1) is 13.6. The number of amides is 1. The number of para-hydroxylation sites is 3. The zero-order valence-electron chi connectivity index (χ0n) is 15.1. The number of ether oxygens (including phenoxy) is 2. The molecule has 2 aromatic carbocycles. The predicted octanol–water partition coefficient (Wildman–Crippen LogP) is 3.02. The van der Waals surface area contributed by atoms with E-state index in [-0.39, 0.29) is 12.5 Å². The number of rotatable bonds is 2. The number of thiocarbonyl (C=S) groups is 1. The Morgan fingerprint density at radius 1 is 1.00 bits per heavy atom. The maximum atomic E-state index is 12.8. The molecule has 0 bridgehead atoms. The predicted molar refractivity (Wildman–Crippen MR) is 112 cm³/mol. The first-order valence-corrected chi connectivity index (χ1v) is 9.88. The molecular weight excluding hydrogens is 398 g/mol. The fraction of sp³-hybridized carbons (Fsp3) is 0.300. The summed E-state index contributed by atoms with van der Waals surface area (Å²) in [5.41, 5.74) is 0.777. The van der Waals surface area contributed by atoms with Gasteiger partial charge in [-0.05, 0) is 36.5 Å². The van der Waals surface area contributed by atoms with Crippen LogP contribution in [0.3, 0.4) is 0 Å². The molecular formula is C20H20ClN3O3S. The molecule has 1 amide bonds. The van der Waals surface area contributed by atoms with Crippen molar-refractivity contribution in [1.29, 1.82) is 0 Å². The van der Waals surface area contributed by atoms with Crippen molar-refractivity contribution < 1.29 is 14.3 Å². The third-order valence-corrected chi connectivity index (χ3v) is 5.47. The second kappa shape index (κ2) is 8.24. The summed E-state index contributed by atoms with van der Waals surface area (Å²) < 4.78 is 11.5. The Labute approximate surface area is 174 Å². The molecule has 2 aliphatic rings. The van der Waals surface area contributed by atoms with Crippen LogP contribution < -0.4 is 14.8 Å². The highest BCUT2D eigenvalue weighted by Crippen LogP contribution is 2.31. The van der Waals surface area contributed by atoms with Crippen molar-refractivity contribution in [2.24, 2.45) is 0 Å². The number of piperazine rings is 1.